The van der Waals surface area contributed by atoms with Gasteiger partial charge in [-0.2, -0.15) is 5.10 Å². The molecule has 2 aromatic heterocycles. The highest BCUT2D eigenvalue weighted by molar-refractivity contribution is 7.12. The van der Waals surface area contributed by atoms with E-state index < -0.39 is 0 Å². The molecule has 8 heteroatoms. The number of thiophene rings is 1. The molecule has 0 aliphatic carbocycles. The Bertz CT molecular complexity index is 1260. The van der Waals surface area contributed by atoms with Gasteiger partial charge in [-0.25, -0.2) is 14.1 Å². The minimum Gasteiger partial charge on any atom is -0.217 e. The maximum Gasteiger partial charge on any atom is 0.211 e. The lowest BCUT2D eigenvalue weighted by atomic mass is 10.2. The van der Waals surface area contributed by atoms with Crippen molar-refractivity contribution >= 4 is 57.3 Å². The molecule has 0 aliphatic heterocycles. The van der Waals surface area contributed by atoms with Gasteiger partial charge >= 0.3 is 0 Å². The van der Waals surface area contributed by atoms with Gasteiger partial charge in [-0.3, -0.25) is 0 Å². The Morgan fingerprint density at radius 1 is 1.00 bits per heavy atom. The third-order valence-corrected chi connectivity index (χ3v) is 6.63. The Hall–Kier alpha value is -2.25. The van der Waals surface area contributed by atoms with Gasteiger partial charge in [0.25, 0.3) is 0 Å². The number of hydrogen-bond donors (Lipinski definition) is 0. The summed E-state index contributed by atoms with van der Waals surface area (Å²) in [6.07, 6.45) is 0. The lowest BCUT2D eigenvalue weighted by molar-refractivity contribution is 0.628. The van der Waals surface area contributed by atoms with Crippen molar-refractivity contribution in [2.45, 2.75) is 6.92 Å². The molecule has 4 rings (SSSR count). The van der Waals surface area contributed by atoms with E-state index in [1.54, 1.807) is 46.3 Å². The van der Waals surface area contributed by atoms with Crippen molar-refractivity contribution in [3.63, 3.8) is 0 Å². The molecule has 146 valence electrons. The van der Waals surface area contributed by atoms with Crippen LogP contribution in [0.25, 0.3) is 11.3 Å². The molecule has 0 saturated heterocycles. The molecule has 3 nitrogen and oxygen atoms in total. The molecule has 0 fully saturated rings. The van der Waals surface area contributed by atoms with Crippen LogP contribution in [-0.2, 0) is 0 Å². The normalized spacial score (nSPS) is 12.6. The average molecular weight is 462 g/mol. The molecule has 0 radical (unpaired) electrons. The van der Waals surface area contributed by atoms with Crippen LogP contribution >= 0.6 is 45.9 Å². The Kier molecular flexibility index (Phi) is 5.96. The second-order valence-electron chi connectivity index (χ2n) is 6.07. The smallest absolute Gasteiger partial charge is 0.211 e. The summed E-state index contributed by atoms with van der Waals surface area (Å²) < 4.78 is 15.9. The Balaban J connectivity index is 1.93. The van der Waals surface area contributed by atoms with E-state index in [4.69, 9.17) is 28.3 Å². The van der Waals surface area contributed by atoms with Crippen molar-refractivity contribution in [2.75, 3.05) is 0 Å². The van der Waals surface area contributed by atoms with E-state index in [0.29, 0.717) is 14.8 Å². The molecule has 0 amide bonds. The average Bonchev–Trinajstić information content (AvgIpc) is 3.37. The van der Waals surface area contributed by atoms with E-state index in [1.807, 2.05) is 35.9 Å². The van der Waals surface area contributed by atoms with Crippen LogP contribution in [0.2, 0.25) is 10.0 Å². The summed E-state index contributed by atoms with van der Waals surface area (Å²) in [6, 6.07) is 15.8. The number of benzene rings is 2. The van der Waals surface area contributed by atoms with Crippen LogP contribution in [0.3, 0.4) is 0 Å². The Morgan fingerprint density at radius 2 is 1.83 bits per heavy atom. The summed E-state index contributed by atoms with van der Waals surface area (Å²) in [7, 11) is 0. The minimum atomic E-state index is -0.387. The van der Waals surface area contributed by atoms with Gasteiger partial charge in [-0.05, 0) is 42.6 Å². The summed E-state index contributed by atoms with van der Waals surface area (Å²) in [4.78, 5) is 6.10. The van der Waals surface area contributed by atoms with Gasteiger partial charge < -0.3 is 0 Å². The second-order valence-corrected chi connectivity index (χ2v) is 8.67. The first kappa shape index (κ1) is 20.0. The number of para-hydroxylation sites is 1. The molecule has 29 heavy (non-hydrogen) atoms. The fraction of sp³-hybridized carbons (Fsp3) is 0.0476. The molecule has 0 N–H and O–H groups in total. The second kappa shape index (κ2) is 8.63. The van der Waals surface area contributed by atoms with Crippen LogP contribution in [0, 0.1) is 5.82 Å². The van der Waals surface area contributed by atoms with Gasteiger partial charge in [-0.15, -0.1) is 22.7 Å². The van der Waals surface area contributed by atoms with Crippen molar-refractivity contribution in [1.82, 2.24) is 4.68 Å². The van der Waals surface area contributed by atoms with Crippen molar-refractivity contribution in [3.05, 3.63) is 90.9 Å². The number of aromatic nitrogens is 1. The zero-order valence-corrected chi connectivity index (χ0v) is 18.3. The van der Waals surface area contributed by atoms with Crippen LogP contribution < -0.4 is 4.80 Å². The van der Waals surface area contributed by atoms with Crippen LogP contribution in [-0.4, -0.2) is 10.4 Å². The van der Waals surface area contributed by atoms with Crippen LogP contribution in [0.1, 0.15) is 11.8 Å². The number of halogens is 3. The highest BCUT2D eigenvalue weighted by atomic mass is 35.5. The molecule has 0 saturated carbocycles. The zero-order valence-electron chi connectivity index (χ0n) is 15.1. The van der Waals surface area contributed by atoms with Gasteiger partial charge in [0.15, 0.2) is 0 Å². The van der Waals surface area contributed by atoms with Crippen molar-refractivity contribution in [2.24, 2.45) is 10.1 Å². The van der Waals surface area contributed by atoms with E-state index in [0.717, 1.165) is 21.8 Å². The molecular formula is C21H14Cl2FN3S2. The zero-order chi connectivity index (χ0) is 20.4. The standard InChI is InChI=1S/C21H14Cl2FN3S2/c1-13(20-7-4-10-28-20)26-27-19(14-8-9-15(22)16(23)11-14)12-29-21(27)25-18-6-3-2-5-17(18)24/h2-12H,1H3. The van der Waals surface area contributed by atoms with Gasteiger partial charge in [0.2, 0.25) is 4.80 Å². The molecule has 0 unspecified atom stereocenters. The maximum absolute atomic E-state index is 14.2. The lowest BCUT2D eigenvalue weighted by Crippen LogP contribution is -2.13. The van der Waals surface area contributed by atoms with E-state index in [1.165, 1.54) is 17.4 Å². The fourth-order valence-electron chi connectivity index (χ4n) is 2.66. The fourth-order valence-corrected chi connectivity index (χ4v) is 4.47. The van der Waals surface area contributed by atoms with Crippen LogP contribution in [0.4, 0.5) is 10.1 Å². The predicted molar refractivity (Wildman–Crippen MR) is 121 cm³/mol. The molecular weight excluding hydrogens is 448 g/mol. The van der Waals surface area contributed by atoms with E-state index in [9.17, 15) is 4.39 Å². The first-order valence-electron chi connectivity index (χ1n) is 8.57. The highest BCUT2D eigenvalue weighted by Crippen LogP contribution is 2.29. The molecule has 0 atom stereocenters. The number of hydrogen-bond acceptors (Lipinski definition) is 4. The molecule has 0 aliphatic rings. The minimum absolute atomic E-state index is 0.257. The van der Waals surface area contributed by atoms with E-state index >= 15 is 0 Å². The van der Waals surface area contributed by atoms with E-state index in [-0.39, 0.29) is 11.5 Å². The number of nitrogens with zero attached hydrogens (tertiary/aromatic N) is 3. The van der Waals surface area contributed by atoms with Crippen molar-refractivity contribution < 1.29 is 4.39 Å². The first-order valence-corrected chi connectivity index (χ1v) is 11.1. The topological polar surface area (TPSA) is 29.6 Å². The Labute approximate surface area is 185 Å². The molecule has 0 spiro atoms. The first-order chi connectivity index (χ1) is 14.0. The lowest BCUT2D eigenvalue weighted by Gasteiger charge is -2.07. The van der Waals surface area contributed by atoms with Gasteiger partial charge in [0.05, 0.1) is 26.3 Å². The Morgan fingerprint density at radius 3 is 2.55 bits per heavy atom. The highest BCUT2D eigenvalue weighted by Gasteiger charge is 2.12. The van der Waals surface area contributed by atoms with Crippen molar-refractivity contribution in [1.29, 1.82) is 0 Å². The van der Waals surface area contributed by atoms with Gasteiger partial charge in [0, 0.05) is 10.9 Å². The maximum atomic E-state index is 14.2. The summed E-state index contributed by atoms with van der Waals surface area (Å²) in [6.45, 7) is 1.93. The third kappa shape index (κ3) is 4.36. The molecule has 2 heterocycles. The van der Waals surface area contributed by atoms with Gasteiger partial charge in [-0.1, -0.05) is 47.5 Å². The monoisotopic (exact) mass is 461 g/mol. The summed E-state index contributed by atoms with van der Waals surface area (Å²) in [5.41, 5.74) is 2.72. The number of thiazole rings is 1. The van der Waals surface area contributed by atoms with Crippen LogP contribution in [0.15, 0.2) is 75.5 Å². The van der Waals surface area contributed by atoms with Crippen LogP contribution in [0.5, 0.6) is 0 Å². The number of rotatable bonds is 4. The third-order valence-electron chi connectivity index (χ3n) is 4.10. The van der Waals surface area contributed by atoms with Gasteiger partial charge in [0.1, 0.15) is 11.5 Å². The molecule has 4 aromatic rings. The quantitative estimate of drug-likeness (QED) is 0.287. The molecule has 2 aromatic carbocycles. The molecule has 0 bridgehead atoms. The summed E-state index contributed by atoms with van der Waals surface area (Å²) >= 11 is 15.3. The van der Waals surface area contributed by atoms with Crippen molar-refractivity contribution in [3.8, 4) is 11.3 Å². The summed E-state index contributed by atoms with van der Waals surface area (Å²) in [5.74, 6) is -0.387. The predicted octanol–water partition coefficient (Wildman–Crippen LogP) is 7.23. The van der Waals surface area contributed by atoms with E-state index in [2.05, 4.69) is 4.99 Å². The summed E-state index contributed by atoms with van der Waals surface area (Å²) in [5, 5.41) is 9.63. The SMILES string of the molecule is CC(=Nn1c(-c2ccc(Cl)c(Cl)c2)csc1=Nc1ccccc1F)c1cccs1. The largest absolute Gasteiger partial charge is 0.217 e.